The first-order chi connectivity index (χ1) is 7.98. The highest BCUT2D eigenvalue weighted by Crippen LogP contribution is 2.23. The molecule has 0 radical (unpaired) electrons. The number of carbonyl (C=O) groups is 2. The quantitative estimate of drug-likeness (QED) is 0.550. The third kappa shape index (κ3) is 3.73. The number of rotatable bonds is 5. The van der Waals surface area contributed by atoms with Crippen LogP contribution in [-0.4, -0.2) is 37.0 Å². The van der Waals surface area contributed by atoms with E-state index >= 15 is 0 Å². The largest absolute Gasteiger partial charge is 0.461 e. The summed E-state index contributed by atoms with van der Waals surface area (Å²) >= 11 is 0. The van der Waals surface area contributed by atoms with E-state index in [2.05, 4.69) is 4.74 Å². The number of alkyl halides is 2. The Balaban J connectivity index is 2.52. The number of ketones is 1. The summed E-state index contributed by atoms with van der Waals surface area (Å²) in [6.45, 7) is 1.70. The summed E-state index contributed by atoms with van der Waals surface area (Å²) in [7, 11) is 0. The maximum absolute atomic E-state index is 13.3. The summed E-state index contributed by atoms with van der Waals surface area (Å²) in [5.41, 5.74) is 0. The van der Waals surface area contributed by atoms with Gasteiger partial charge in [-0.25, -0.2) is 4.79 Å². The molecule has 1 fully saturated rings. The molecule has 17 heavy (non-hydrogen) atoms. The first-order valence-electron chi connectivity index (χ1n) is 5.68. The van der Waals surface area contributed by atoms with E-state index in [4.69, 9.17) is 4.74 Å². The molecule has 0 aromatic rings. The lowest BCUT2D eigenvalue weighted by molar-refractivity contribution is -0.177. The maximum atomic E-state index is 13.3. The molecule has 1 atom stereocenters. The van der Waals surface area contributed by atoms with Crippen molar-refractivity contribution >= 4 is 11.8 Å². The van der Waals surface area contributed by atoms with Gasteiger partial charge in [0.1, 0.15) is 0 Å². The molecule has 0 aromatic heterocycles. The average molecular weight is 250 g/mol. The molecule has 1 aliphatic rings. The Hall–Kier alpha value is -1.04. The number of hydrogen-bond acceptors (Lipinski definition) is 4. The molecule has 0 aliphatic carbocycles. The zero-order valence-electron chi connectivity index (χ0n) is 9.71. The van der Waals surface area contributed by atoms with Crippen LogP contribution in [0.3, 0.4) is 0 Å². The van der Waals surface area contributed by atoms with Crippen molar-refractivity contribution in [1.82, 2.24) is 0 Å². The topological polar surface area (TPSA) is 52.6 Å². The van der Waals surface area contributed by atoms with E-state index in [1.54, 1.807) is 0 Å². The molecule has 1 unspecified atom stereocenters. The molecular weight excluding hydrogens is 234 g/mol. The van der Waals surface area contributed by atoms with Crippen LogP contribution in [0.2, 0.25) is 0 Å². The number of hydrogen-bond donors (Lipinski definition) is 0. The van der Waals surface area contributed by atoms with Crippen molar-refractivity contribution in [2.45, 2.75) is 44.6 Å². The van der Waals surface area contributed by atoms with Gasteiger partial charge in [0.2, 0.25) is 5.78 Å². The van der Waals surface area contributed by atoms with E-state index in [0.717, 1.165) is 12.8 Å². The Morgan fingerprint density at radius 2 is 2.12 bits per heavy atom. The van der Waals surface area contributed by atoms with Crippen LogP contribution in [0.4, 0.5) is 8.78 Å². The molecule has 4 nitrogen and oxygen atoms in total. The van der Waals surface area contributed by atoms with Crippen LogP contribution >= 0.6 is 0 Å². The lowest BCUT2D eigenvalue weighted by Crippen LogP contribution is -2.41. The van der Waals surface area contributed by atoms with Crippen molar-refractivity contribution in [3.05, 3.63) is 0 Å². The molecular formula is C11H16F2O4. The zero-order chi connectivity index (χ0) is 12.9. The van der Waals surface area contributed by atoms with E-state index in [1.807, 2.05) is 0 Å². The maximum Gasteiger partial charge on any atom is 0.399 e. The fraction of sp³-hybridized carbons (Fsp3) is 0.818. The van der Waals surface area contributed by atoms with E-state index in [1.165, 1.54) is 6.92 Å². The van der Waals surface area contributed by atoms with Crippen LogP contribution < -0.4 is 0 Å². The van der Waals surface area contributed by atoms with Gasteiger partial charge in [-0.15, -0.1) is 0 Å². The summed E-state index contributed by atoms with van der Waals surface area (Å²) in [5, 5.41) is 0. The Bertz CT molecular complexity index is 285. The molecule has 0 spiro atoms. The summed E-state index contributed by atoms with van der Waals surface area (Å²) < 4.78 is 35.9. The normalized spacial score (nSPS) is 21.0. The van der Waals surface area contributed by atoms with Gasteiger partial charge in [0.05, 0.1) is 12.7 Å². The SMILES string of the molecule is CCOC(=O)C(F)(F)C(=O)CC1CCCCO1. The van der Waals surface area contributed by atoms with Gasteiger partial charge in [-0.2, -0.15) is 8.78 Å². The fourth-order valence-corrected chi connectivity index (χ4v) is 1.64. The molecule has 0 saturated carbocycles. The number of esters is 1. The molecule has 0 amide bonds. The van der Waals surface area contributed by atoms with Crippen LogP contribution in [0.15, 0.2) is 0 Å². The number of ether oxygens (including phenoxy) is 2. The van der Waals surface area contributed by atoms with E-state index in [-0.39, 0.29) is 6.61 Å². The molecule has 1 saturated heterocycles. The van der Waals surface area contributed by atoms with Gasteiger partial charge >= 0.3 is 11.9 Å². The molecule has 1 aliphatic heterocycles. The first kappa shape index (κ1) is 14.0. The summed E-state index contributed by atoms with van der Waals surface area (Å²) in [4.78, 5) is 22.2. The van der Waals surface area contributed by atoms with Gasteiger partial charge < -0.3 is 9.47 Å². The van der Waals surface area contributed by atoms with Crippen molar-refractivity contribution in [3.63, 3.8) is 0 Å². The van der Waals surface area contributed by atoms with E-state index in [0.29, 0.717) is 13.0 Å². The molecule has 0 aromatic carbocycles. The molecule has 1 heterocycles. The van der Waals surface area contributed by atoms with Crippen molar-refractivity contribution in [3.8, 4) is 0 Å². The molecule has 0 bridgehead atoms. The van der Waals surface area contributed by atoms with Gasteiger partial charge in [-0.1, -0.05) is 0 Å². The van der Waals surface area contributed by atoms with Gasteiger partial charge in [-0.05, 0) is 26.2 Å². The van der Waals surface area contributed by atoms with Crippen molar-refractivity contribution in [2.24, 2.45) is 0 Å². The van der Waals surface area contributed by atoms with Crippen molar-refractivity contribution in [2.75, 3.05) is 13.2 Å². The predicted octanol–water partition coefficient (Wildman–Crippen LogP) is 1.71. The van der Waals surface area contributed by atoms with Crippen LogP contribution in [-0.2, 0) is 19.1 Å². The second-order valence-electron chi connectivity index (χ2n) is 3.91. The summed E-state index contributed by atoms with van der Waals surface area (Å²) in [6.07, 6.45) is 1.36. The fourth-order valence-electron chi connectivity index (χ4n) is 1.64. The Labute approximate surface area is 98.3 Å². The highest BCUT2D eigenvalue weighted by molar-refractivity contribution is 6.05. The second-order valence-corrected chi connectivity index (χ2v) is 3.91. The van der Waals surface area contributed by atoms with Crippen LogP contribution in [0.5, 0.6) is 0 Å². The highest BCUT2D eigenvalue weighted by Gasteiger charge is 2.49. The third-order valence-corrected chi connectivity index (χ3v) is 2.57. The molecule has 98 valence electrons. The number of halogens is 2. The van der Waals surface area contributed by atoms with E-state index < -0.39 is 30.2 Å². The Morgan fingerprint density at radius 3 is 2.65 bits per heavy atom. The Morgan fingerprint density at radius 1 is 1.41 bits per heavy atom. The minimum absolute atomic E-state index is 0.179. The van der Waals surface area contributed by atoms with Gasteiger partial charge in [0, 0.05) is 13.0 Å². The molecule has 6 heteroatoms. The lowest BCUT2D eigenvalue weighted by Gasteiger charge is -2.23. The van der Waals surface area contributed by atoms with Crippen molar-refractivity contribution in [1.29, 1.82) is 0 Å². The van der Waals surface area contributed by atoms with E-state index in [9.17, 15) is 18.4 Å². The van der Waals surface area contributed by atoms with Gasteiger partial charge in [-0.3, -0.25) is 4.79 Å². The standard InChI is InChI=1S/C11H16F2O4/c1-2-16-10(15)11(12,13)9(14)7-8-5-3-4-6-17-8/h8H,2-7H2,1H3. The van der Waals surface area contributed by atoms with Crippen LogP contribution in [0.25, 0.3) is 0 Å². The number of carbonyl (C=O) groups excluding carboxylic acids is 2. The Kier molecular flexibility index (Phi) is 4.99. The average Bonchev–Trinajstić information content (AvgIpc) is 2.30. The van der Waals surface area contributed by atoms with Crippen LogP contribution in [0, 0.1) is 0 Å². The summed E-state index contributed by atoms with van der Waals surface area (Å²) in [6, 6.07) is 0. The minimum Gasteiger partial charge on any atom is -0.461 e. The summed E-state index contributed by atoms with van der Waals surface area (Å²) in [5.74, 6) is -7.26. The van der Waals surface area contributed by atoms with Crippen LogP contribution in [0.1, 0.15) is 32.6 Å². The van der Waals surface area contributed by atoms with Crippen molar-refractivity contribution < 1.29 is 27.8 Å². The highest BCUT2D eigenvalue weighted by atomic mass is 19.3. The zero-order valence-corrected chi connectivity index (χ0v) is 9.71. The monoisotopic (exact) mass is 250 g/mol. The lowest BCUT2D eigenvalue weighted by atomic mass is 10.0. The van der Waals surface area contributed by atoms with Gasteiger partial charge in [0.15, 0.2) is 0 Å². The molecule has 0 N–H and O–H groups in total. The number of Topliss-reactive ketones (excluding diaryl/α,β-unsaturated/α-hetero) is 1. The minimum atomic E-state index is -4.06. The smallest absolute Gasteiger partial charge is 0.399 e. The predicted molar refractivity (Wildman–Crippen MR) is 54.8 cm³/mol. The second kappa shape index (κ2) is 6.05. The third-order valence-electron chi connectivity index (χ3n) is 2.57. The van der Waals surface area contributed by atoms with Gasteiger partial charge in [0.25, 0.3) is 0 Å². The first-order valence-corrected chi connectivity index (χ1v) is 5.68. The molecule has 1 rings (SSSR count).